The van der Waals surface area contributed by atoms with E-state index < -0.39 is 0 Å². The summed E-state index contributed by atoms with van der Waals surface area (Å²) in [5.74, 6) is 0.516. The lowest BCUT2D eigenvalue weighted by atomic mass is 9.94. The summed E-state index contributed by atoms with van der Waals surface area (Å²) in [6.45, 7) is 10.5. The summed E-state index contributed by atoms with van der Waals surface area (Å²) < 4.78 is 0. The zero-order chi connectivity index (χ0) is 19.8. The van der Waals surface area contributed by atoms with Crippen molar-refractivity contribution in [2.45, 2.75) is 34.6 Å². The standard InChI is InChI=1S/C24H24N4/c1-14-9-10-20(17(4)11-14)25-24-26-23-18(5)12-19(13-21(23)27-28-24)22-15(2)7-6-8-16(22)3/h6-13H,1-5H3,(H,25,26,28). The van der Waals surface area contributed by atoms with Crippen molar-refractivity contribution in [2.75, 3.05) is 5.32 Å². The summed E-state index contributed by atoms with van der Waals surface area (Å²) in [4.78, 5) is 4.73. The summed E-state index contributed by atoms with van der Waals surface area (Å²) in [6.07, 6.45) is 0. The molecule has 0 spiro atoms. The second kappa shape index (κ2) is 7.04. The Morgan fingerprint density at radius 2 is 1.46 bits per heavy atom. The van der Waals surface area contributed by atoms with Crippen LogP contribution in [0.1, 0.15) is 27.8 Å². The van der Waals surface area contributed by atoms with Gasteiger partial charge in [0.15, 0.2) is 0 Å². The minimum Gasteiger partial charge on any atom is -0.323 e. The van der Waals surface area contributed by atoms with Crippen LogP contribution in [0.5, 0.6) is 0 Å². The van der Waals surface area contributed by atoms with Crippen LogP contribution in [-0.4, -0.2) is 15.2 Å². The molecule has 4 nitrogen and oxygen atoms in total. The molecule has 0 bridgehead atoms. The molecule has 1 N–H and O–H groups in total. The summed E-state index contributed by atoms with van der Waals surface area (Å²) in [5, 5.41) is 12.1. The first-order valence-electron chi connectivity index (χ1n) is 9.48. The van der Waals surface area contributed by atoms with Crippen molar-refractivity contribution in [1.82, 2.24) is 15.2 Å². The van der Waals surface area contributed by atoms with Gasteiger partial charge in [0.25, 0.3) is 0 Å². The van der Waals surface area contributed by atoms with Crippen LogP contribution in [-0.2, 0) is 0 Å². The lowest BCUT2D eigenvalue weighted by Gasteiger charge is -2.13. The number of anilines is 2. The van der Waals surface area contributed by atoms with Crippen molar-refractivity contribution in [1.29, 1.82) is 0 Å². The smallest absolute Gasteiger partial charge is 0.247 e. The zero-order valence-corrected chi connectivity index (χ0v) is 17.0. The van der Waals surface area contributed by atoms with Crippen LogP contribution >= 0.6 is 0 Å². The molecule has 0 aliphatic rings. The third-order valence-electron chi connectivity index (χ3n) is 5.15. The summed E-state index contributed by atoms with van der Waals surface area (Å²) >= 11 is 0. The van der Waals surface area contributed by atoms with Crippen LogP contribution in [0, 0.1) is 34.6 Å². The van der Waals surface area contributed by atoms with E-state index in [1.54, 1.807) is 0 Å². The van der Waals surface area contributed by atoms with Crippen LogP contribution in [0.3, 0.4) is 0 Å². The minimum absolute atomic E-state index is 0.516. The Labute approximate surface area is 165 Å². The van der Waals surface area contributed by atoms with Gasteiger partial charge in [-0.25, -0.2) is 4.98 Å². The fourth-order valence-electron chi connectivity index (χ4n) is 3.75. The van der Waals surface area contributed by atoms with Gasteiger partial charge in [0.05, 0.1) is 5.52 Å². The normalized spacial score (nSPS) is 11.0. The van der Waals surface area contributed by atoms with Crippen molar-refractivity contribution >= 4 is 22.7 Å². The van der Waals surface area contributed by atoms with E-state index in [4.69, 9.17) is 4.98 Å². The first-order chi connectivity index (χ1) is 13.4. The van der Waals surface area contributed by atoms with Crippen LogP contribution in [0.4, 0.5) is 11.6 Å². The van der Waals surface area contributed by atoms with Gasteiger partial charge in [-0.05, 0) is 86.2 Å². The van der Waals surface area contributed by atoms with Crippen molar-refractivity contribution in [3.8, 4) is 11.1 Å². The molecule has 0 amide bonds. The highest BCUT2D eigenvalue weighted by Crippen LogP contribution is 2.31. The maximum absolute atomic E-state index is 4.73. The van der Waals surface area contributed by atoms with E-state index in [-0.39, 0.29) is 0 Å². The Bertz CT molecular complexity index is 1170. The molecule has 0 aliphatic heterocycles. The Morgan fingerprint density at radius 1 is 0.714 bits per heavy atom. The molecular formula is C24H24N4. The van der Waals surface area contributed by atoms with Gasteiger partial charge in [0, 0.05) is 5.69 Å². The number of hydrogen-bond donors (Lipinski definition) is 1. The van der Waals surface area contributed by atoms with E-state index >= 15 is 0 Å². The molecule has 0 saturated carbocycles. The summed E-state index contributed by atoms with van der Waals surface area (Å²) in [6, 6.07) is 16.9. The first kappa shape index (κ1) is 18.1. The zero-order valence-electron chi connectivity index (χ0n) is 17.0. The van der Waals surface area contributed by atoms with Crippen LogP contribution in [0.15, 0.2) is 48.5 Å². The number of aromatic nitrogens is 3. The van der Waals surface area contributed by atoms with Gasteiger partial charge >= 0.3 is 0 Å². The third-order valence-corrected chi connectivity index (χ3v) is 5.15. The second-order valence-corrected chi connectivity index (χ2v) is 7.51. The van der Waals surface area contributed by atoms with E-state index in [0.29, 0.717) is 5.95 Å². The van der Waals surface area contributed by atoms with E-state index in [9.17, 15) is 0 Å². The topological polar surface area (TPSA) is 50.7 Å². The Balaban J connectivity index is 1.76. The molecule has 0 aliphatic carbocycles. The molecule has 4 aromatic rings. The molecule has 0 saturated heterocycles. The molecule has 0 unspecified atom stereocenters. The molecule has 28 heavy (non-hydrogen) atoms. The number of nitrogens with zero attached hydrogens (tertiary/aromatic N) is 3. The lowest BCUT2D eigenvalue weighted by Crippen LogP contribution is -2.02. The van der Waals surface area contributed by atoms with Crippen LogP contribution < -0.4 is 5.32 Å². The molecule has 0 radical (unpaired) electrons. The molecule has 4 heteroatoms. The van der Waals surface area contributed by atoms with E-state index in [1.807, 2.05) is 0 Å². The maximum atomic E-state index is 4.73. The highest BCUT2D eigenvalue weighted by molar-refractivity contribution is 5.86. The highest BCUT2D eigenvalue weighted by Gasteiger charge is 2.11. The third kappa shape index (κ3) is 3.33. The van der Waals surface area contributed by atoms with Gasteiger partial charge in [-0.1, -0.05) is 35.9 Å². The quantitative estimate of drug-likeness (QED) is 0.483. The maximum Gasteiger partial charge on any atom is 0.247 e. The van der Waals surface area contributed by atoms with E-state index in [2.05, 4.69) is 98.7 Å². The average Bonchev–Trinajstić information content (AvgIpc) is 2.64. The summed E-state index contributed by atoms with van der Waals surface area (Å²) in [5.41, 5.74) is 11.1. The fraction of sp³-hybridized carbons (Fsp3) is 0.208. The number of nitrogens with one attached hydrogen (secondary N) is 1. The van der Waals surface area contributed by atoms with E-state index in [0.717, 1.165) is 33.4 Å². The SMILES string of the molecule is Cc1ccc(Nc2nnc3cc(-c4c(C)cccc4C)cc(C)c3n2)c(C)c1. The predicted octanol–water partition coefficient (Wildman–Crippen LogP) is 5.98. The van der Waals surface area contributed by atoms with E-state index in [1.165, 1.54) is 22.3 Å². The molecule has 0 atom stereocenters. The van der Waals surface area contributed by atoms with Crippen molar-refractivity contribution < 1.29 is 0 Å². The van der Waals surface area contributed by atoms with Gasteiger partial charge in [0.2, 0.25) is 5.95 Å². The number of hydrogen-bond acceptors (Lipinski definition) is 4. The fourth-order valence-corrected chi connectivity index (χ4v) is 3.75. The van der Waals surface area contributed by atoms with Crippen molar-refractivity contribution in [3.63, 3.8) is 0 Å². The van der Waals surface area contributed by atoms with Gasteiger partial charge in [-0.2, -0.15) is 0 Å². The molecule has 4 rings (SSSR count). The molecular weight excluding hydrogens is 344 g/mol. The van der Waals surface area contributed by atoms with Crippen molar-refractivity contribution in [2.24, 2.45) is 0 Å². The largest absolute Gasteiger partial charge is 0.323 e. The van der Waals surface area contributed by atoms with Gasteiger partial charge in [-0.3, -0.25) is 0 Å². The van der Waals surface area contributed by atoms with Gasteiger partial charge in [-0.15, -0.1) is 10.2 Å². The monoisotopic (exact) mass is 368 g/mol. The molecule has 3 aromatic carbocycles. The van der Waals surface area contributed by atoms with Crippen molar-refractivity contribution in [3.05, 3.63) is 76.3 Å². The number of aryl methyl sites for hydroxylation is 5. The Kier molecular flexibility index (Phi) is 4.55. The lowest BCUT2D eigenvalue weighted by molar-refractivity contribution is 1.03. The first-order valence-corrected chi connectivity index (χ1v) is 9.48. The molecule has 1 aromatic heterocycles. The minimum atomic E-state index is 0.516. The van der Waals surface area contributed by atoms with Crippen LogP contribution in [0.25, 0.3) is 22.2 Å². The van der Waals surface area contributed by atoms with Crippen LogP contribution in [0.2, 0.25) is 0 Å². The van der Waals surface area contributed by atoms with Gasteiger partial charge < -0.3 is 5.32 Å². The molecule has 1 heterocycles. The molecule has 0 fully saturated rings. The molecule has 140 valence electrons. The Morgan fingerprint density at radius 3 is 2.18 bits per heavy atom. The Hall–Kier alpha value is -3.27. The number of rotatable bonds is 3. The highest BCUT2D eigenvalue weighted by atomic mass is 15.2. The van der Waals surface area contributed by atoms with Gasteiger partial charge in [0.1, 0.15) is 5.52 Å². The average molecular weight is 368 g/mol. The predicted molar refractivity (Wildman–Crippen MR) is 116 cm³/mol. The number of fused-ring (bicyclic) bond motifs is 1. The second-order valence-electron chi connectivity index (χ2n) is 7.51. The number of benzene rings is 3. The summed E-state index contributed by atoms with van der Waals surface area (Å²) in [7, 11) is 0.